The zero-order chi connectivity index (χ0) is 12.8. The van der Waals surface area contributed by atoms with Crippen LogP contribution in [0.2, 0.25) is 0 Å². The highest BCUT2D eigenvalue weighted by molar-refractivity contribution is 5.76. The SMILES string of the molecule is C=C(OC(=O)N(CC)CC)c1ccc(C)cc1. The summed E-state index contributed by atoms with van der Waals surface area (Å²) in [7, 11) is 0. The zero-order valence-corrected chi connectivity index (χ0v) is 10.7. The van der Waals surface area contributed by atoms with Crippen molar-refractivity contribution in [3.8, 4) is 0 Å². The number of hydrogen-bond donors (Lipinski definition) is 0. The standard InChI is InChI=1S/C14H19NO2/c1-5-15(6-2)14(16)17-12(4)13-9-7-11(3)8-10-13/h7-10H,4-6H2,1-3H3. The highest BCUT2D eigenvalue weighted by Crippen LogP contribution is 2.15. The molecule has 1 rings (SSSR count). The van der Waals surface area contributed by atoms with Gasteiger partial charge in [-0.05, 0) is 20.8 Å². The third-order valence-electron chi connectivity index (χ3n) is 2.61. The predicted molar refractivity (Wildman–Crippen MR) is 69.6 cm³/mol. The van der Waals surface area contributed by atoms with Crippen molar-refractivity contribution in [2.45, 2.75) is 20.8 Å². The lowest BCUT2D eigenvalue weighted by Gasteiger charge is -2.18. The van der Waals surface area contributed by atoms with Gasteiger partial charge in [0, 0.05) is 18.7 Å². The molecule has 0 spiro atoms. The summed E-state index contributed by atoms with van der Waals surface area (Å²) < 4.78 is 5.21. The van der Waals surface area contributed by atoms with E-state index in [4.69, 9.17) is 4.74 Å². The van der Waals surface area contributed by atoms with Crippen LogP contribution in [-0.4, -0.2) is 24.1 Å². The summed E-state index contributed by atoms with van der Waals surface area (Å²) in [6.07, 6.45) is -0.347. The molecule has 0 atom stereocenters. The van der Waals surface area contributed by atoms with E-state index < -0.39 is 0 Å². The molecular formula is C14H19NO2. The first-order valence-electron chi connectivity index (χ1n) is 5.81. The fraction of sp³-hybridized carbons (Fsp3) is 0.357. The Balaban J connectivity index is 2.66. The Bertz CT molecular complexity index is 391. The number of carbonyl (C=O) groups excluding carboxylic acids is 1. The second kappa shape index (κ2) is 6.09. The molecule has 0 saturated carbocycles. The summed E-state index contributed by atoms with van der Waals surface area (Å²) in [5, 5.41) is 0. The minimum Gasteiger partial charge on any atom is -0.410 e. The molecule has 17 heavy (non-hydrogen) atoms. The Morgan fingerprint density at radius 1 is 1.24 bits per heavy atom. The van der Waals surface area contributed by atoms with Crippen LogP contribution < -0.4 is 0 Å². The molecule has 3 heteroatoms. The van der Waals surface area contributed by atoms with Crippen molar-refractivity contribution < 1.29 is 9.53 Å². The number of ether oxygens (including phenoxy) is 1. The van der Waals surface area contributed by atoms with Gasteiger partial charge in [0.25, 0.3) is 0 Å². The molecule has 0 bridgehead atoms. The number of benzene rings is 1. The van der Waals surface area contributed by atoms with Gasteiger partial charge < -0.3 is 9.64 Å². The fourth-order valence-electron chi connectivity index (χ4n) is 1.45. The van der Waals surface area contributed by atoms with Gasteiger partial charge in [0.05, 0.1) is 0 Å². The van der Waals surface area contributed by atoms with Crippen molar-refractivity contribution in [3.05, 3.63) is 42.0 Å². The van der Waals surface area contributed by atoms with Crippen LogP contribution in [0.3, 0.4) is 0 Å². The van der Waals surface area contributed by atoms with E-state index in [2.05, 4.69) is 6.58 Å². The second-order valence-electron chi connectivity index (χ2n) is 3.83. The molecule has 1 amide bonds. The molecule has 3 nitrogen and oxygen atoms in total. The molecule has 1 aromatic carbocycles. The first-order chi connectivity index (χ1) is 8.08. The van der Waals surface area contributed by atoms with Gasteiger partial charge in [0.1, 0.15) is 5.76 Å². The van der Waals surface area contributed by atoms with E-state index in [1.807, 2.05) is 45.0 Å². The summed E-state index contributed by atoms with van der Waals surface area (Å²) >= 11 is 0. The minimum atomic E-state index is -0.347. The fourth-order valence-corrected chi connectivity index (χ4v) is 1.45. The molecule has 0 aromatic heterocycles. The van der Waals surface area contributed by atoms with Crippen LogP contribution in [0.1, 0.15) is 25.0 Å². The van der Waals surface area contributed by atoms with E-state index in [0.717, 1.165) is 11.1 Å². The molecular weight excluding hydrogens is 214 g/mol. The highest BCUT2D eigenvalue weighted by atomic mass is 16.6. The van der Waals surface area contributed by atoms with Crippen molar-refractivity contribution >= 4 is 11.9 Å². The summed E-state index contributed by atoms with van der Waals surface area (Å²) in [4.78, 5) is 13.3. The van der Waals surface area contributed by atoms with Crippen LogP contribution in [0, 0.1) is 6.92 Å². The maximum atomic E-state index is 11.7. The highest BCUT2D eigenvalue weighted by Gasteiger charge is 2.13. The van der Waals surface area contributed by atoms with E-state index in [9.17, 15) is 4.79 Å². The Kier molecular flexibility index (Phi) is 4.76. The van der Waals surface area contributed by atoms with Crippen molar-refractivity contribution in [1.82, 2.24) is 4.90 Å². The summed E-state index contributed by atoms with van der Waals surface area (Å²) in [5.41, 5.74) is 1.99. The van der Waals surface area contributed by atoms with Crippen LogP contribution in [0.25, 0.3) is 5.76 Å². The molecule has 92 valence electrons. The van der Waals surface area contributed by atoms with Crippen LogP contribution in [-0.2, 0) is 4.74 Å². The van der Waals surface area contributed by atoms with E-state index in [-0.39, 0.29) is 6.09 Å². The average Bonchev–Trinajstić information content (AvgIpc) is 2.31. The minimum absolute atomic E-state index is 0.347. The third-order valence-corrected chi connectivity index (χ3v) is 2.61. The van der Waals surface area contributed by atoms with Crippen molar-refractivity contribution in [3.63, 3.8) is 0 Å². The van der Waals surface area contributed by atoms with Crippen LogP contribution in [0.15, 0.2) is 30.8 Å². The lowest BCUT2D eigenvalue weighted by molar-refractivity contribution is 0.148. The molecule has 0 heterocycles. The molecule has 0 aliphatic rings. The normalized spacial score (nSPS) is 9.82. The quantitative estimate of drug-likeness (QED) is 0.745. The van der Waals surface area contributed by atoms with Crippen molar-refractivity contribution in [2.75, 3.05) is 13.1 Å². The van der Waals surface area contributed by atoms with Crippen LogP contribution in [0.4, 0.5) is 4.79 Å². The molecule has 0 fully saturated rings. The van der Waals surface area contributed by atoms with E-state index in [1.54, 1.807) is 4.90 Å². The Hall–Kier alpha value is -1.77. The van der Waals surface area contributed by atoms with Gasteiger partial charge in [-0.2, -0.15) is 0 Å². The Labute approximate surface area is 103 Å². The third kappa shape index (κ3) is 3.63. The molecule has 0 N–H and O–H groups in total. The first-order valence-corrected chi connectivity index (χ1v) is 5.81. The predicted octanol–water partition coefficient (Wildman–Crippen LogP) is 3.44. The lowest BCUT2D eigenvalue weighted by Crippen LogP contribution is -2.30. The largest absolute Gasteiger partial charge is 0.415 e. The average molecular weight is 233 g/mol. The summed E-state index contributed by atoms with van der Waals surface area (Å²) in [6, 6.07) is 7.72. The Morgan fingerprint density at radius 3 is 2.24 bits per heavy atom. The van der Waals surface area contributed by atoms with Gasteiger partial charge in [-0.1, -0.05) is 36.4 Å². The lowest BCUT2D eigenvalue weighted by atomic mass is 10.1. The molecule has 0 unspecified atom stereocenters. The monoisotopic (exact) mass is 233 g/mol. The smallest absolute Gasteiger partial charge is 0.410 e. The van der Waals surface area contributed by atoms with Gasteiger partial charge in [-0.25, -0.2) is 4.79 Å². The maximum absolute atomic E-state index is 11.7. The molecule has 0 aliphatic carbocycles. The summed E-state index contributed by atoms with van der Waals surface area (Å²) in [5.74, 6) is 0.391. The number of amides is 1. The van der Waals surface area contributed by atoms with Gasteiger partial charge in [0.15, 0.2) is 0 Å². The molecule has 0 radical (unpaired) electrons. The topological polar surface area (TPSA) is 29.5 Å². The first kappa shape index (κ1) is 13.3. The van der Waals surface area contributed by atoms with Crippen molar-refractivity contribution in [1.29, 1.82) is 0 Å². The molecule has 1 aromatic rings. The molecule has 0 saturated heterocycles. The number of aryl methyl sites for hydroxylation is 1. The molecule has 0 aliphatic heterocycles. The van der Waals surface area contributed by atoms with Crippen LogP contribution in [0.5, 0.6) is 0 Å². The van der Waals surface area contributed by atoms with Gasteiger partial charge in [-0.15, -0.1) is 0 Å². The Morgan fingerprint density at radius 2 is 1.76 bits per heavy atom. The van der Waals surface area contributed by atoms with E-state index >= 15 is 0 Å². The van der Waals surface area contributed by atoms with E-state index in [0.29, 0.717) is 18.8 Å². The number of rotatable bonds is 4. The number of carbonyl (C=O) groups is 1. The van der Waals surface area contributed by atoms with Gasteiger partial charge in [0.2, 0.25) is 0 Å². The second-order valence-corrected chi connectivity index (χ2v) is 3.83. The van der Waals surface area contributed by atoms with Gasteiger partial charge in [-0.3, -0.25) is 0 Å². The summed E-state index contributed by atoms with van der Waals surface area (Å²) in [6.45, 7) is 10.9. The van der Waals surface area contributed by atoms with Crippen LogP contribution >= 0.6 is 0 Å². The number of hydrogen-bond acceptors (Lipinski definition) is 2. The van der Waals surface area contributed by atoms with E-state index in [1.165, 1.54) is 0 Å². The maximum Gasteiger partial charge on any atom is 0.415 e. The van der Waals surface area contributed by atoms with Crippen molar-refractivity contribution in [2.24, 2.45) is 0 Å². The van der Waals surface area contributed by atoms with Gasteiger partial charge >= 0.3 is 6.09 Å². The zero-order valence-electron chi connectivity index (χ0n) is 10.7. The number of nitrogens with zero attached hydrogens (tertiary/aromatic N) is 1.